The number of hydrazone groups is 1. The summed E-state index contributed by atoms with van der Waals surface area (Å²) < 4.78 is 0. The van der Waals surface area contributed by atoms with Gasteiger partial charge in [-0.25, -0.2) is 0 Å². The van der Waals surface area contributed by atoms with Crippen molar-refractivity contribution < 1.29 is 0 Å². The fourth-order valence-electron chi connectivity index (χ4n) is 0.110. The van der Waals surface area contributed by atoms with Crippen LogP contribution >= 0.6 is 0 Å². The molecule has 0 aliphatic carbocycles. The highest BCUT2D eigenvalue weighted by molar-refractivity contribution is 5.96. The smallest absolute Gasteiger partial charge is 0.0592 e. The lowest BCUT2D eigenvalue weighted by atomic mass is 10.2. The first-order chi connectivity index (χ1) is 4.18. The normalized spacial score (nSPS) is 9.56. The van der Waals surface area contributed by atoms with E-state index in [0.717, 1.165) is 11.3 Å². The minimum atomic E-state index is 0.806. The van der Waals surface area contributed by atoms with Gasteiger partial charge in [0.1, 0.15) is 0 Å². The van der Waals surface area contributed by atoms with Gasteiger partial charge in [-0.15, -0.1) is 0 Å². The summed E-state index contributed by atoms with van der Waals surface area (Å²) >= 11 is 0. The summed E-state index contributed by atoms with van der Waals surface area (Å²) in [5, 5.41) is 3.41. The van der Waals surface area contributed by atoms with E-state index in [1.807, 2.05) is 27.7 Å². The van der Waals surface area contributed by atoms with Crippen LogP contribution in [0.15, 0.2) is 17.3 Å². The van der Waals surface area contributed by atoms with Gasteiger partial charge >= 0.3 is 0 Å². The van der Waals surface area contributed by atoms with Crippen molar-refractivity contribution in [3.63, 3.8) is 0 Å². The summed E-state index contributed by atoms with van der Waals surface area (Å²) in [7, 11) is 0. The Morgan fingerprint density at radius 2 is 1.67 bits per heavy atom. The summed E-state index contributed by atoms with van der Waals surface area (Å²) in [5.74, 6) is 4.90. The lowest BCUT2D eigenvalue weighted by Crippen LogP contribution is -1.95. The average Bonchev–Trinajstić information content (AvgIpc) is 1.91. The highest BCUT2D eigenvalue weighted by Crippen LogP contribution is 1.87. The molecule has 0 amide bonds. The quantitative estimate of drug-likeness (QED) is 0.327. The molecular formula is C7H16N2. The third-order valence-corrected chi connectivity index (χ3v) is 0.811. The molecule has 0 aliphatic heterocycles. The molecule has 0 radical (unpaired) electrons. The van der Waals surface area contributed by atoms with Crippen LogP contribution in [-0.4, -0.2) is 5.71 Å². The van der Waals surface area contributed by atoms with Crippen LogP contribution in [0, 0.1) is 0 Å². The summed E-state index contributed by atoms with van der Waals surface area (Å²) in [5.41, 5.74) is 1.72. The number of hydrogen-bond donors (Lipinski definition) is 1. The lowest BCUT2D eigenvalue weighted by Gasteiger charge is -1.90. The van der Waals surface area contributed by atoms with Crippen molar-refractivity contribution in [1.29, 1.82) is 0 Å². The van der Waals surface area contributed by atoms with Crippen LogP contribution < -0.4 is 5.84 Å². The average molecular weight is 128 g/mol. The van der Waals surface area contributed by atoms with Crippen LogP contribution in [0.3, 0.4) is 0 Å². The molecule has 0 heterocycles. The zero-order valence-corrected chi connectivity index (χ0v) is 6.73. The minimum Gasteiger partial charge on any atom is -0.323 e. The van der Waals surface area contributed by atoms with Crippen LogP contribution in [0.1, 0.15) is 27.7 Å². The molecule has 0 aromatic heterocycles. The van der Waals surface area contributed by atoms with Gasteiger partial charge in [-0.1, -0.05) is 20.4 Å². The second-order valence-corrected chi connectivity index (χ2v) is 1.49. The van der Waals surface area contributed by atoms with E-state index in [-0.39, 0.29) is 0 Å². The SMILES string of the molecule is C=C(C)/C(C)=N\N.CC. The van der Waals surface area contributed by atoms with E-state index < -0.39 is 0 Å². The lowest BCUT2D eigenvalue weighted by molar-refractivity contribution is 1.23. The molecule has 2 nitrogen and oxygen atoms in total. The van der Waals surface area contributed by atoms with E-state index in [1.54, 1.807) is 0 Å². The third-order valence-electron chi connectivity index (χ3n) is 0.811. The molecule has 0 aromatic carbocycles. The Hall–Kier alpha value is -0.790. The zero-order valence-electron chi connectivity index (χ0n) is 6.73. The maximum Gasteiger partial charge on any atom is 0.0592 e. The molecule has 0 bridgehead atoms. The fraction of sp³-hybridized carbons (Fsp3) is 0.571. The summed E-state index contributed by atoms with van der Waals surface area (Å²) in [4.78, 5) is 0. The Balaban J connectivity index is 0. The number of nitrogens with zero attached hydrogens (tertiary/aromatic N) is 1. The minimum absolute atomic E-state index is 0.806. The van der Waals surface area contributed by atoms with E-state index >= 15 is 0 Å². The van der Waals surface area contributed by atoms with Crippen molar-refractivity contribution in [3.05, 3.63) is 12.2 Å². The summed E-state index contributed by atoms with van der Waals surface area (Å²) in [6, 6.07) is 0. The molecule has 0 rings (SSSR count). The van der Waals surface area contributed by atoms with E-state index in [0.29, 0.717) is 0 Å². The molecule has 0 unspecified atom stereocenters. The van der Waals surface area contributed by atoms with Crippen LogP contribution in [0.2, 0.25) is 0 Å². The molecule has 0 saturated carbocycles. The molecule has 9 heavy (non-hydrogen) atoms. The van der Waals surface area contributed by atoms with Crippen molar-refractivity contribution in [2.24, 2.45) is 10.9 Å². The Kier molecular flexibility index (Phi) is 8.87. The number of allylic oxidation sites excluding steroid dienone is 1. The highest BCUT2D eigenvalue weighted by Gasteiger charge is 1.84. The van der Waals surface area contributed by atoms with Crippen molar-refractivity contribution in [1.82, 2.24) is 0 Å². The van der Waals surface area contributed by atoms with Crippen molar-refractivity contribution in [2.45, 2.75) is 27.7 Å². The van der Waals surface area contributed by atoms with Gasteiger partial charge in [0.05, 0.1) is 5.71 Å². The molecule has 0 fully saturated rings. The topological polar surface area (TPSA) is 38.4 Å². The molecule has 0 atom stereocenters. The maximum absolute atomic E-state index is 4.90. The highest BCUT2D eigenvalue weighted by atomic mass is 15.1. The van der Waals surface area contributed by atoms with Crippen LogP contribution in [-0.2, 0) is 0 Å². The monoisotopic (exact) mass is 128 g/mol. The Bertz CT molecular complexity index is 103. The first kappa shape index (κ1) is 11.1. The van der Waals surface area contributed by atoms with Crippen LogP contribution in [0.4, 0.5) is 0 Å². The van der Waals surface area contributed by atoms with E-state index in [2.05, 4.69) is 11.7 Å². The number of rotatable bonds is 1. The van der Waals surface area contributed by atoms with Gasteiger partial charge in [-0.3, -0.25) is 0 Å². The number of hydrogen-bond acceptors (Lipinski definition) is 2. The van der Waals surface area contributed by atoms with Crippen molar-refractivity contribution in [3.8, 4) is 0 Å². The Morgan fingerprint density at radius 3 is 1.67 bits per heavy atom. The predicted octanol–water partition coefficient (Wildman–Crippen LogP) is 1.92. The second kappa shape index (κ2) is 7.21. The standard InChI is InChI=1S/C5H10N2.C2H6/c1-4(2)5(3)7-6;1-2/h1,6H2,2-3H3;1-2H3/b7-5-;. The van der Waals surface area contributed by atoms with Crippen molar-refractivity contribution >= 4 is 5.71 Å². The maximum atomic E-state index is 4.90. The molecule has 0 saturated heterocycles. The first-order valence-corrected chi connectivity index (χ1v) is 3.09. The van der Waals surface area contributed by atoms with E-state index in [4.69, 9.17) is 5.84 Å². The molecule has 54 valence electrons. The largest absolute Gasteiger partial charge is 0.323 e. The summed E-state index contributed by atoms with van der Waals surface area (Å²) in [6.07, 6.45) is 0. The van der Waals surface area contributed by atoms with Gasteiger partial charge in [0, 0.05) is 0 Å². The molecule has 0 spiro atoms. The van der Waals surface area contributed by atoms with Gasteiger partial charge in [0.2, 0.25) is 0 Å². The van der Waals surface area contributed by atoms with E-state index in [9.17, 15) is 0 Å². The molecular weight excluding hydrogens is 112 g/mol. The zero-order chi connectivity index (χ0) is 7.86. The molecule has 2 heteroatoms. The second-order valence-electron chi connectivity index (χ2n) is 1.49. The van der Waals surface area contributed by atoms with Gasteiger partial charge in [0.15, 0.2) is 0 Å². The van der Waals surface area contributed by atoms with Gasteiger partial charge in [-0.05, 0) is 19.4 Å². The molecule has 0 aromatic rings. The van der Waals surface area contributed by atoms with Gasteiger partial charge in [-0.2, -0.15) is 5.10 Å². The first-order valence-electron chi connectivity index (χ1n) is 3.09. The fourth-order valence-corrected chi connectivity index (χ4v) is 0.110. The summed E-state index contributed by atoms with van der Waals surface area (Å²) in [6.45, 7) is 11.3. The van der Waals surface area contributed by atoms with Gasteiger partial charge < -0.3 is 5.84 Å². The molecule has 2 N–H and O–H groups in total. The third kappa shape index (κ3) is 7.21. The van der Waals surface area contributed by atoms with Crippen molar-refractivity contribution in [2.75, 3.05) is 0 Å². The van der Waals surface area contributed by atoms with Gasteiger partial charge in [0.25, 0.3) is 0 Å². The van der Waals surface area contributed by atoms with E-state index in [1.165, 1.54) is 0 Å². The molecule has 0 aliphatic rings. The Morgan fingerprint density at radius 1 is 1.33 bits per heavy atom. The Labute approximate surface area is 57.5 Å². The predicted molar refractivity (Wildman–Crippen MR) is 43.5 cm³/mol. The van der Waals surface area contributed by atoms with Crippen LogP contribution in [0.25, 0.3) is 0 Å². The van der Waals surface area contributed by atoms with Crippen LogP contribution in [0.5, 0.6) is 0 Å². The number of nitrogens with two attached hydrogens (primary N) is 1.